The zero-order valence-electron chi connectivity index (χ0n) is 11.0. The highest BCUT2D eigenvalue weighted by atomic mass is 35.5. The van der Waals surface area contributed by atoms with Gasteiger partial charge in [0.05, 0.1) is 12.0 Å². The molecule has 8 heteroatoms. The van der Waals surface area contributed by atoms with Gasteiger partial charge in [-0.15, -0.1) is 12.4 Å². The number of carboxylic acid groups (broad SMARTS) is 1. The lowest BCUT2D eigenvalue weighted by Crippen LogP contribution is -2.36. The molecule has 1 aliphatic heterocycles. The summed E-state index contributed by atoms with van der Waals surface area (Å²) in [7, 11) is 0. The summed E-state index contributed by atoms with van der Waals surface area (Å²) in [4.78, 5) is 13.3. The number of likely N-dealkylation sites (tertiary alicyclic amines) is 1. The SMILES string of the molecule is Cl.O=C(O)[C@@]12CCC[C@H]1CN(CCOCC(F)(F)F)C2. The summed E-state index contributed by atoms with van der Waals surface area (Å²) in [5, 5.41) is 9.36. The van der Waals surface area contributed by atoms with Crippen LogP contribution in [0, 0.1) is 11.3 Å². The monoisotopic (exact) mass is 317 g/mol. The summed E-state index contributed by atoms with van der Waals surface area (Å²) in [5.41, 5.74) is -0.677. The van der Waals surface area contributed by atoms with Crippen molar-refractivity contribution in [3.8, 4) is 0 Å². The second kappa shape index (κ2) is 6.49. The van der Waals surface area contributed by atoms with Gasteiger partial charge < -0.3 is 9.84 Å². The maximum atomic E-state index is 11.9. The summed E-state index contributed by atoms with van der Waals surface area (Å²) in [6.07, 6.45) is -1.81. The highest BCUT2D eigenvalue weighted by molar-refractivity contribution is 5.85. The van der Waals surface area contributed by atoms with Gasteiger partial charge in [0.2, 0.25) is 0 Å². The molecule has 2 fully saturated rings. The first-order valence-electron chi connectivity index (χ1n) is 6.44. The molecule has 20 heavy (non-hydrogen) atoms. The molecule has 0 spiro atoms. The topological polar surface area (TPSA) is 49.8 Å². The van der Waals surface area contributed by atoms with Crippen LogP contribution in [0.1, 0.15) is 19.3 Å². The van der Waals surface area contributed by atoms with Gasteiger partial charge in [-0.05, 0) is 18.8 Å². The van der Waals surface area contributed by atoms with Crippen molar-refractivity contribution in [2.45, 2.75) is 25.4 Å². The minimum atomic E-state index is -4.30. The van der Waals surface area contributed by atoms with Crippen molar-refractivity contribution in [1.82, 2.24) is 4.90 Å². The zero-order valence-corrected chi connectivity index (χ0v) is 11.8. The Morgan fingerprint density at radius 1 is 1.45 bits per heavy atom. The number of halogens is 4. The normalized spacial score (nSPS) is 30.1. The lowest BCUT2D eigenvalue weighted by atomic mass is 9.81. The molecule has 1 N–H and O–H groups in total. The van der Waals surface area contributed by atoms with E-state index in [1.54, 1.807) is 0 Å². The van der Waals surface area contributed by atoms with Gasteiger partial charge in [0.15, 0.2) is 0 Å². The van der Waals surface area contributed by atoms with Crippen LogP contribution in [-0.4, -0.2) is 55.0 Å². The maximum Gasteiger partial charge on any atom is 0.411 e. The standard InChI is InChI=1S/C12H18F3NO3.ClH/c13-12(14,15)8-19-5-4-16-6-9-2-1-3-11(9,7-16)10(17)18;/h9H,1-8H2,(H,17,18);1H/t9-,11+;/m0./s1. The first-order chi connectivity index (χ1) is 8.83. The van der Waals surface area contributed by atoms with Crippen molar-refractivity contribution in [2.75, 3.05) is 32.8 Å². The third-order valence-corrected chi connectivity index (χ3v) is 4.18. The number of ether oxygens (including phenoxy) is 1. The number of hydrogen-bond acceptors (Lipinski definition) is 3. The fourth-order valence-corrected chi connectivity index (χ4v) is 3.29. The highest BCUT2D eigenvalue weighted by Gasteiger charge is 2.54. The lowest BCUT2D eigenvalue weighted by molar-refractivity contribution is -0.174. The van der Waals surface area contributed by atoms with Crippen molar-refractivity contribution in [3.05, 3.63) is 0 Å². The number of alkyl halides is 3. The van der Waals surface area contributed by atoms with Crippen LogP contribution < -0.4 is 0 Å². The third-order valence-electron chi connectivity index (χ3n) is 4.18. The van der Waals surface area contributed by atoms with Crippen molar-refractivity contribution in [1.29, 1.82) is 0 Å². The fourth-order valence-electron chi connectivity index (χ4n) is 3.29. The molecule has 0 aromatic heterocycles. The van der Waals surface area contributed by atoms with Gasteiger partial charge in [-0.25, -0.2) is 0 Å². The summed E-state index contributed by atoms with van der Waals surface area (Å²) in [6, 6.07) is 0. The van der Waals surface area contributed by atoms with Crippen LogP contribution in [-0.2, 0) is 9.53 Å². The molecule has 1 saturated heterocycles. The Morgan fingerprint density at radius 3 is 2.70 bits per heavy atom. The van der Waals surface area contributed by atoms with Crippen molar-refractivity contribution >= 4 is 18.4 Å². The summed E-state index contributed by atoms with van der Waals surface area (Å²) >= 11 is 0. The van der Waals surface area contributed by atoms with E-state index in [2.05, 4.69) is 4.74 Å². The van der Waals surface area contributed by atoms with Gasteiger partial charge >= 0.3 is 12.1 Å². The van der Waals surface area contributed by atoms with Crippen molar-refractivity contribution < 1.29 is 27.8 Å². The van der Waals surface area contributed by atoms with Crippen LogP contribution in [0.2, 0.25) is 0 Å². The van der Waals surface area contributed by atoms with Gasteiger partial charge in [0.1, 0.15) is 6.61 Å². The van der Waals surface area contributed by atoms with E-state index in [1.165, 1.54) is 0 Å². The van der Waals surface area contributed by atoms with Crippen LogP contribution >= 0.6 is 12.4 Å². The summed E-state index contributed by atoms with van der Waals surface area (Å²) < 4.78 is 40.2. The molecule has 0 amide bonds. The molecule has 118 valence electrons. The molecule has 2 aliphatic rings. The van der Waals surface area contributed by atoms with Crippen molar-refractivity contribution in [2.24, 2.45) is 11.3 Å². The molecule has 0 aromatic rings. The molecule has 1 aliphatic carbocycles. The van der Waals surface area contributed by atoms with Gasteiger partial charge in [-0.2, -0.15) is 13.2 Å². The van der Waals surface area contributed by atoms with Crippen LogP contribution in [0.15, 0.2) is 0 Å². The summed E-state index contributed by atoms with van der Waals surface area (Å²) in [6.45, 7) is 0.196. The van der Waals surface area contributed by atoms with Crippen molar-refractivity contribution in [3.63, 3.8) is 0 Å². The van der Waals surface area contributed by atoms with E-state index in [0.717, 1.165) is 12.8 Å². The number of aliphatic carboxylic acids is 1. The van der Waals surface area contributed by atoms with Gasteiger partial charge in [0.25, 0.3) is 0 Å². The molecular formula is C12H19ClF3NO3. The highest BCUT2D eigenvalue weighted by Crippen LogP contribution is 2.48. The Bertz CT molecular complexity index is 353. The molecule has 1 saturated carbocycles. The molecule has 2 atom stereocenters. The number of carboxylic acids is 1. The third kappa shape index (κ3) is 3.77. The first-order valence-corrected chi connectivity index (χ1v) is 6.44. The molecule has 0 bridgehead atoms. The molecule has 2 rings (SSSR count). The molecule has 0 radical (unpaired) electrons. The first kappa shape index (κ1) is 17.5. The quantitative estimate of drug-likeness (QED) is 0.790. The second-order valence-corrected chi connectivity index (χ2v) is 5.45. The number of fused-ring (bicyclic) bond motifs is 1. The average Bonchev–Trinajstić information content (AvgIpc) is 2.79. The Kier molecular flexibility index (Phi) is 5.69. The molecule has 0 aromatic carbocycles. The van der Waals surface area contributed by atoms with E-state index in [9.17, 15) is 23.1 Å². The molecule has 0 unspecified atom stereocenters. The number of hydrogen-bond donors (Lipinski definition) is 1. The van der Waals surface area contributed by atoms with E-state index in [0.29, 0.717) is 26.1 Å². The fraction of sp³-hybridized carbons (Fsp3) is 0.917. The van der Waals surface area contributed by atoms with E-state index >= 15 is 0 Å². The van der Waals surface area contributed by atoms with Crippen LogP contribution in [0.3, 0.4) is 0 Å². The Balaban J connectivity index is 0.00000200. The number of carbonyl (C=O) groups is 1. The molecule has 4 nitrogen and oxygen atoms in total. The second-order valence-electron chi connectivity index (χ2n) is 5.45. The maximum absolute atomic E-state index is 11.9. The molecule has 1 heterocycles. The number of nitrogens with zero attached hydrogens (tertiary/aromatic N) is 1. The van der Waals surface area contributed by atoms with E-state index in [1.807, 2.05) is 4.90 Å². The minimum absolute atomic E-state index is 0. The minimum Gasteiger partial charge on any atom is -0.481 e. The Morgan fingerprint density at radius 2 is 2.15 bits per heavy atom. The largest absolute Gasteiger partial charge is 0.481 e. The predicted octanol–water partition coefficient (Wildman–Crippen LogP) is 2.17. The van der Waals surface area contributed by atoms with E-state index in [4.69, 9.17) is 0 Å². The number of rotatable bonds is 5. The Labute approximate surface area is 121 Å². The van der Waals surface area contributed by atoms with Crippen LogP contribution in [0.5, 0.6) is 0 Å². The van der Waals surface area contributed by atoms with Gasteiger partial charge in [-0.3, -0.25) is 9.69 Å². The Hall–Kier alpha value is -0.530. The lowest BCUT2D eigenvalue weighted by Gasteiger charge is -2.23. The summed E-state index contributed by atoms with van der Waals surface area (Å²) in [5.74, 6) is -0.638. The van der Waals surface area contributed by atoms with Gasteiger partial charge in [0, 0.05) is 19.6 Å². The molecular weight excluding hydrogens is 299 g/mol. The average molecular weight is 318 g/mol. The predicted molar refractivity (Wildman–Crippen MR) is 68.0 cm³/mol. The zero-order chi connectivity index (χ0) is 14.1. The smallest absolute Gasteiger partial charge is 0.411 e. The van der Waals surface area contributed by atoms with Crippen LogP contribution in [0.4, 0.5) is 13.2 Å². The van der Waals surface area contributed by atoms with Crippen LogP contribution in [0.25, 0.3) is 0 Å². The van der Waals surface area contributed by atoms with E-state index < -0.39 is 24.2 Å². The van der Waals surface area contributed by atoms with Gasteiger partial charge in [-0.1, -0.05) is 6.42 Å². The van der Waals surface area contributed by atoms with E-state index in [-0.39, 0.29) is 24.9 Å².